The highest BCUT2D eigenvalue weighted by Crippen LogP contribution is 2.60. The minimum Gasteiger partial charge on any atom is -0.460 e. The van der Waals surface area contributed by atoms with Crippen LogP contribution in [-0.4, -0.2) is 29.3 Å². The van der Waals surface area contributed by atoms with Crippen LogP contribution < -0.4 is 5.32 Å². The molecule has 5 atom stereocenters. The van der Waals surface area contributed by atoms with Gasteiger partial charge in [0, 0.05) is 12.1 Å². The van der Waals surface area contributed by atoms with Crippen molar-refractivity contribution >= 4 is 28.6 Å². The van der Waals surface area contributed by atoms with E-state index in [0.29, 0.717) is 39.1 Å². The molecule has 0 spiro atoms. The number of thiophene rings is 2. The van der Waals surface area contributed by atoms with Gasteiger partial charge in [0.25, 0.3) is 0 Å². The maximum atomic E-state index is 13.1. The summed E-state index contributed by atoms with van der Waals surface area (Å²) in [5, 5.41) is 18.7. The van der Waals surface area contributed by atoms with E-state index in [0.717, 1.165) is 12.8 Å². The average Bonchev–Trinajstić information content (AvgIpc) is 2.98. The highest BCUT2D eigenvalue weighted by atomic mass is 32.1. The van der Waals surface area contributed by atoms with E-state index in [1.165, 1.54) is 22.7 Å². The average molecular weight is 390 g/mol. The zero-order valence-electron chi connectivity index (χ0n) is 14.8. The Morgan fingerprint density at radius 2 is 1.69 bits per heavy atom. The third-order valence-electron chi connectivity index (χ3n) is 6.80. The lowest BCUT2D eigenvalue weighted by Crippen LogP contribution is -2.46. The third kappa shape index (κ3) is 2.29. The number of esters is 1. The SMILES string of the molecule is CC1(C)[C@@H]2CC(OC(=O)C(O)(c3cccs3)c3cccs3)C[C@H]1[C@@H]1N[C@@H]12. The minimum absolute atomic E-state index is 0.105. The van der Waals surface area contributed by atoms with E-state index in [2.05, 4.69) is 19.2 Å². The van der Waals surface area contributed by atoms with Crippen molar-refractivity contribution in [3.63, 3.8) is 0 Å². The molecule has 26 heavy (non-hydrogen) atoms. The van der Waals surface area contributed by atoms with Gasteiger partial charge in [-0.2, -0.15) is 0 Å². The molecule has 3 fully saturated rings. The molecule has 0 radical (unpaired) electrons. The van der Waals surface area contributed by atoms with Crippen LogP contribution in [0.15, 0.2) is 35.0 Å². The number of piperidine rings is 1. The molecule has 3 heterocycles. The molecule has 2 bridgehead atoms. The monoisotopic (exact) mass is 389 g/mol. The predicted molar refractivity (Wildman–Crippen MR) is 102 cm³/mol. The normalized spacial score (nSPS) is 34.3. The van der Waals surface area contributed by atoms with Crippen LogP contribution in [0.1, 0.15) is 36.4 Å². The summed E-state index contributed by atoms with van der Waals surface area (Å²) in [5.41, 5.74) is -1.39. The second-order valence-corrected chi connectivity index (χ2v) is 10.3. The number of fused-ring (bicyclic) bond motifs is 5. The Balaban J connectivity index is 1.40. The summed E-state index contributed by atoms with van der Waals surface area (Å²) in [6.45, 7) is 4.70. The minimum atomic E-state index is -1.70. The Bertz CT molecular complexity index is 760. The van der Waals surface area contributed by atoms with Crippen LogP contribution in [0.25, 0.3) is 0 Å². The van der Waals surface area contributed by atoms with Gasteiger partial charge in [-0.05, 0) is 53.0 Å². The van der Waals surface area contributed by atoms with Crippen LogP contribution in [-0.2, 0) is 15.1 Å². The number of carbonyl (C=O) groups is 1. The molecular weight excluding hydrogens is 366 g/mol. The Labute approximate surface area is 161 Å². The first kappa shape index (κ1) is 16.9. The molecule has 2 N–H and O–H groups in total. The van der Waals surface area contributed by atoms with E-state index in [1.54, 1.807) is 12.1 Å². The van der Waals surface area contributed by atoms with Crippen molar-refractivity contribution in [3.05, 3.63) is 44.8 Å². The van der Waals surface area contributed by atoms with Gasteiger partial charge in [-0.25, -0.2) is 4.79 Å². The Hall–Kier alpha value is -1.21. The maximum Gasteiger partial charge on any atom is 0.349 e. The molecule has 5 rings (SSSR count). The van der Waals surface area contributed by atoms with Crippen LogP contribution in [0.4, 0.5) is 0 Å². The van der Waals surface area contributed by atoms with E-state index < -0.39 is 11.6 Å². The summed E-state index contributed by atoms with van der Waals surface area (Å²) in [6, 6.07) is 8.50. The first-order valence-electron chi connectivity index (χ1n) is 9.20. The summed E-state index contributed by atoms with van der Waals surface area (Å²) in [4.78, 5) is 14.4. The standard InChI is InChI=1S/C20H23NO3S2/c1-19(2)12-9-11(10-13(19)17-16(12)21-17)24-18(22)20(23,14-5-3-7-25-14)15-6-4-8-26-15/h3-8,11-13,16-17,21,23H,9-10H2,1-2H3/t11?,12-,13+,16-,17+. The van der Waals surface area contributed by atoms with Crippen molar-refractivity contribution in [2.24, 2.45) is 17.3 Å². The van der Waals surface area contributed by atoms with Crippen LogP contribution >= 0.6 is 22.7 Å². The summed E-state index contributed by atoms with van der Waals surface area (Å²) >= 11 is 2.77. The number of rotatable bonds is 4. The fourth-order valence-corrected chi connectivity index (χ4v) is 7.00. The van der Waals surface area contributed by atoms with Crippen LogP contribution in [0, 0.1) is 17.3 Å². The van der Waals surface area contributed by atoms with Gasteiger partial charge in [-0.15, -0.1) is 22.7 Å². The maximum absolute atomic E-state index is 13.1. The van der Waals surface area contributed by atoms with Crippen molar-refractivity contribution in [2.75, 3.05) is 0 Å². The number of ether oxygens (including phenoxy) is 1. The van der Waals surface area contributed by atoms with Crippen LogP contribution in [0.5, 0.6) is 0 Å². The zero-order chi connectivity index (χ0) is 18.1. The fraction of sp³-hybridized carbons (Fsp3) is 0.550. The quantitative estimate of drug-likeness (QED) is 0.621. The highest BCUT2D eigenvalue weighted by molar-refractivity contribution is 7.12. The van der Waals surface area contributed by atoms with Crippen molar-refractivity contribution in [1.82, 2.24) is 5.32 Å². The van der Waals surface area contributed by atoms with Crippen molar-refractivity contribution in [3.8, 4) is 0 Å². The summed E-state index contributed by atoms with van der Waals surface area (Å²) in [5.74, 6) is 0.550. The lowest BCUT2D eigenvalue weighted by molar-refractivity contribution is -0.172. The van der Waals surface area contributed by atoms with Gasteiger partial charge < -0.3 is 15.2 Å². The molecule has 4 nitrogen and oxygen atoms in total. The molecule has 138 valence electrons. The molecule has 2 saturated carbocycles. The van der Waals surface area contributed by atoms with Gasteiger partial charge in [0.05, 0.1) is 9.75 Å². The van der Waals surface area contributed by atoms with Gasteiger partial charge in [-0.1, -0.05) is 26.0 Å². The number of nitrogens with one attached hydrogen (secondary N) is 1. The second kappa shape index (κ2) is 5.64. The van der Waals surface area contributed by atoms with Crippen molar-refractivity contribution in [2.45, 2.75) is 50.5 Å². The molecule has 0 aromatic carbocycles. The first-order chi connectivity index (χ1) is 12.4. The van der Waals surface area contributed by atoms with Gasteiger partial charge in [0.15, 0.2) is 0 Å². The lowest BCUT2D eigenvalue weighted by atomic mass is 9.65. The molecule has 6 heteroatoms. The molecule has 1 aliphatic heterocycles. The zero-order valence-corrected chi connectivity index (χ0v) is 16.5. The highest BCUT2D eigenvalue weighted by Gasteiger charge is 2.66. The lowest BCUT2D eigenvalue weighted by Gasteiger charge is -2.44. The van der Waals surface area contributed by atoms with Gasteiger partial charge in [0.2, 0.25) is 5.60 Å². The topological polar surface area (TPSA) is 68.5 Å². The Morgan fingerprint density at radius 3 is 2.15 bits per heavy atom. The fourth-order valence-electron chi connectivity index (χ4n) is 5.29. The van der Waals surface area contributed by atoms with Gasteiger partial charge in [-0.3, -0.25) is 0 Å². The molecule has 0 amide bonds. The largest absolute Gasteiger partial charge is 0.460 e. The van der Waals surface area contributed by atoms with E-state index in [1.807, 2.05) is 22.9 Å². The van der Waals surface area contributed by atoms with E-state index in [9.17, 15) is 9.90 Å². The predicted octanol–water partition coefficient (Wildman–Crippen LogP) is 3.36. The van der Waals surface area contributed by atoms with E-state index >= 15 is 0 Å². The molecule has 2 aromatic heterocycles. The Morgan fingerprint density at radius 1 is 1.15 bits per heavy atom. The molecule has 2 aliphatic carbocycles. The number of carbonyl (C=O) groups excluding carboxylic acids is 1. The molecule has 2 aromatic rings. The number of hydrogen-bond acceptors (Lipinski definition) is 6. The van der Waals surface area contributed by atoms with Crippen molar-refractivity contribution < 1.29 is 14.6 Å². The summed E-state index contributed by atoms with van der Waals surface area (Å²) in [6.07, 6.45) is 1.66. The third-order valence-corrected chi connectivity index (χ3v) is 8.76. The molecule has 1 saturated heterocycles. The number of aliphatic hydroxyl groups is 1. The molecule has 3 aliphatic rings. The molecule has 1 unspecified atom stereocenters. The second-order valence-electron chi connectivity index (χ2n) is 8.42. The molecular formula is C20H23NO3S2. The van der Waals surface area contributed by atoms with Gasteiger partial charge in [0.1, 0.15) is 6.10 Å². The van der Waals surface area contributed by atoms with Crippen LogP contribution in [0.3, 0.4) is 0 Å². The van der Waals surface area contributed by atoms with E-state index in [-0.39, 0.29) is 6.10 Å². The van der Waals surface area contributed by atoms with Gasteiger partial charge >= 0.3 is 5.97 Å². The Kier molecular flexibility index (Phi) is 3.67. The summed E-state index contributed by atoms with van der Waals surface area (Å²) < 4.78 is 5.94. The van der Waals surface area contributed by atoms with Crippen LogP contribution in [0.2, 0.25) is 0 Å². The summed E-state index contributed by atoms with van der Waals surface area (Å²) in [7, 11) is 0. The smallest absolute Gasteiger partial charge is 0.349 e. The van der Waals surface area contributed by atoms with Crippen molar-refractivity contribution in [1.29, 1.82) is 0 Å². The van der Waals surface area contributed by atoms with E-state index in [4.69, 9.17) is 4.74 Å². The number of hydrogen-bond donors (Lipinski definition) is 2. The first-order valence-corrected chi connectivity index (χ1v) is 11.0.